The minimum Gasteiger partial charge on any atom is -0.367 e. The number of hydrogen-bond acceptors (Lipinski definition) is 7. The maximum Gasteiger partial charge on any atom is 0.317 e. The van der Waals surface area contributed by atoms with Gasteiger partial charge in [-0.2, -0.15) is 10.4 Å². The molecule has 2 aliphatic heterocycles. The smallest absolute Gasteiger partial charge is 0.317 e. The molecule has 3 aliphatic rings. The third-order valence-electron chi connectivity index (χ3n) is 5.40. The number of urea groups is 1. The summed E-state index contributed by atoms with van der Waals surface area (Å²) in [6.07, 6.45) is 6.04. The highest BCUT2D eigenvalue weighted by Gasteiger charge is 2.29. The number of carbonyl (C=O) groups excluding carboxylic acids is 1. The molecule has 2 amide bonds. The summed E-state index contributed by atoms with van der Waals surface area (Å²) in [5, 5.41) is 16.9. The lowest BCUT2D eigenvalue weighted by atomic mass is 10.00. The third-order valence-corrected chi connectivity index (χ3v) is 6.59. The van der Waals surface area contributed by atoms with Crippen LogP contribution in [0.25, 0.3) is 0 Å². The average Bonchev–Trinajstić information content (AvgIpc) is 3.44. The highest BCUT2D eigenvalue weighted by Crippen LogP contribution is 2.29. The first-order chi connectivity index (χ1) is 13.5. The van der Waals surface area contributed by atoms with Crippen LogP contribution in [0.1, 0.15) is 19.8 Å². The standard InChI is InChI=1S/C19H29N7OS/c1-14(11-21-17(10-20)15(2)18-13-23-24(3)28-18)25-6-8-26(9-7-25)19(27)22-12-16-4-5-16/h11,13,15-18H,1,4-9,12H2,2-3H3,(H,22,27)/t15-,17?,18?/m1/s1. The fraction of sp³-hybridized carbons (Fsp3) is 0.684. The molecule has 2 unspecified atom stereocenters. The fourth-order valence-corrected chi connectivity index (χ4v) is 4.11. The lowest BCUT2D eigenvalue weighted by Crippen LogP contribution is -2.51. The van der Waals surface area contributed by atoms with Crippen molar-refractivity contribution in [1.82, 2.24) is 19.5 Å². The normalized spacial score (nSPS) is 24.3. The largest absolute Gasteiger partial charge is 0.367 e. The summed E-state index contributed by atoms with van der Waals surface area (Å²) < 4.78 is 1.80. The molecular weight excluding hydrogens is 374 g/mol. The Hall–Kier alpha value is -2.21. The van der Waals surface area contributed by atoms with E-state index >= 15 is 0 Å². The van der Waals surface area contributed by atoms with Crippen molar-refractivity contribution in [2.45, 2.75) is 31.1 Å². The van der Waals surface area contributed by atoms with Crippen LogP contribution >= 0.6 is 11.9 Å². The van der Waals surface area contributed by atoms with Crippen LogP contribution in [0.3, 0.4) is 0 Å². The van der Waals surface area contributed by atoms with Crippen LogP contribution < -0.4 is 5.32 Å². The maximum atomic E-state index is 12.2. The summed E-state index contributed by atoms with van der Waals surface area (Å²) in [6, 6.07) is 1.88. The first-order valence-corrected chi connectivity index (χ1v) is 10.7. The zero-order chi connectivity index (χ0) is 20.1. The van der Waals surface area contributed by atoms with E-state index in [4.69, 9.17) is 0 Å². The van der Waals surface area contributed by atoms with E-state index in [9.17, 15) is 10.1 Å². The number of hydrogen-bond donors (Lipinski definition) is 1. The highest BCUT2D eigenvalue weighted by molar-refractivity contribution is 7.98. The highest BCUT2D eigenvalue weighted by atomic mass is 32.2. The van der Waals surface area contributed by atoms with E-state index in [0.717, 1.165) is 25.3 Å². The predicted molar refractivity (Wildman–Crippen MR) is 113 cm³/mol. The second-order valence-electron chi connectivity index (χ2n) is 7.60. The van der Waals surface area contributed by atoms with Gasteiger partial charge in [0.25, 0.3) is 0 Å². The number of allylic oxidation sites excluding steroid dienone is 1. The quantitative estimate of drug-likeness (QED) is 0.517. The van der Waals surface area contributed by atoms with Gasteiger partial charge in [0.1, 0.15) is 6.04 Å². The summed E-state index contributed by atoms with van der Waals surface area (Å²) in [5.41, 5.74) is 0.787. The van der Waals surface area contributed by atoms with Gasteiger partial charge in [0.2, 0.25) is 0 Å². The molecule has 0 spiro atoms. The Morgan fingerprint density at radius 3 is 2.68 bits per heavy atom. The molecule has 1 saturated heterocycles. The SMILES string of the molecule is C=C(C=NC(C#N)[C@@H](C)C1C=NN(C)S1)N1CCN(C(=O)NCC2CC2)CC1. The van der Waals surface area contributed by atoms with Gasteiger partial charge < -0.3 is 15.1 Å². The zero-order valence-corrected chi connectivity index (χ0v) is 17.4. The molecule has 3 atom stereocenters. The Morgan fingerprint density at radius 1 is 1.43 bits per heavy atom. The van der Waals surface area contributed by atoms with Gasteiger partial charge in [-0.15, -0.1) is 0 Å². The monoisotopic (exact) mass is 403 g/mol. The second kappa shape index (κ2) is 9.32. The lowest BCUT2D eigenvalue weighted by molar-refractivity contribution is 0.160. The number of hydrazone groups is 1. The van der Waals surface area contributed by atoms with Gasteiger partial charge in [0.05, 0.1) is 11.3 Å². The van der Waals surface area contributed by atoms with Crippen molar-refractivity contribution in [3.63, 3.8) is 0 Å². The summed E-state index contributed by atoms with van der Waals surface area (Å²) in [5.74, 6) is 0.741. The first-order valence-electron chi connectivity index (χ1n) is 9.82. The van der Waals surface area contributed by atoms with Crippen molar-refractivity contribution in [2.75, 3.05) is 39.8 Å². The molecule has 2 fully saturated rings. The van der Waals surface area contributed by atoms with E-state index in [1.54, 1.807) is 22.6 Å². The van der Waals surface area contributed by atoms with Gasteiger partial charge in [0.15, 0.2) is 0 Å². The number of nitrogens with one attached hydrogen (secondary N) is 1. The molecule has 0 radical (unpaired) electrons. The zero-order valence-electron chi connectivity index (χ0n) is 16.6. The molecule has 8 nitrogen and oxygen atoms in total. The summed E-state index contributed by atoms with van der Waals surface area (Å²) in [4.78, 5) is 20.6. The molecule has 0 aromatic rings. The lowest BCUT2D eigenvalue weighted by Gasteiger charge is -2.36. The number of nitriles is 1. The molecule has 1 aliphatic carbocycles. The summed E-state index contributed by atoms with van der Waals surface area (Å²) in [7, 11) is 1.90. The molecule has 0 bridgehead atoms. The van der Waals surface area contributed by atoms with E-state index < -0.39 is 6.04 Å². The van der Waals surface area contributed by atoms with Crippen LogP contribution in [0.4, 0.5) is 4.79 Å². The van der Waals surface area contributed by atoms with Crippen LogP contribution in [-0.2, 0) is 0 Å². The number of amides is 2. The number of nitrogens with zero attached hydrogens (tertiary/aromatic N) is 6. The first kappa shape index (κ1) is 20.5. The number of rotatable bonds is 7. The second-order valence-corrected chi connectivity index (χ2v) is 8.89. The third kappa shape index (κ3) is 5.41. The van der Waals surface area contributed by atoms with Gasteiger partial charge in [-0.25, -0.2) is 9.21 Å². The van der Waals surface area contributed by atoms with E-state index in [2.05, 4.69) is 33.0 Å². The van der Waals surface area contributed by atoms with E-state index in [-0.39, 0.29) is 17.2 Å². The Morgan fingerprint density at radius 2 is 2.11 bits per heavy atom. The molecule has 1 N–H and O–H groups in total. The number of aliphatic imine (C=N–C) groups is 1. The van der Waals surface area contributed by atoms with Crippen LogP contribution in [0.15, 0.2) is 22.4 Å². The Balaban J connectivity index is 1.44. The van der Waals surface area contributed by atoms with Crippen LogP contribution in [0, 0.1) is 23.2 Å². The molecular formula is C19H29N7OS. The molecule has 9 heteroatoms. The molecule has 2 heterocycles. The number of carbonyl (C=O) groups is 1. The summed E-state index contributed by atoms with van der Waals surface area (Å²) in [6.45, 7) is 9.71. The van der Waals surface area contributed by atoms with Crippen LogP contribution in [0.2, 0.25) is 0 Å². The van der Waals surface area contributed by atoms with E-state index in [1.807, 2.05) is 25.1 Å². The van der Waals surface area contributed by atoms with Crippen LogP contribution in [0.5, 0.6) is 0 Å². The van der Waals surface area contributed by atoms with Gasteiger partial charge in [0, 0.05) is 63.8 Å². The van der Waals surface area contributed by atoms with Crippen molar-refractivity contribution in [3.05, 3.63) is 12.3 Å². The van der Waals surface area contributed by atoms with Gasteiger partial charge in [-0.05, 0) is 30.7 Å². The molecule has 0 aromatic heterocycles. The maximum absolute atomic E-state index is 12.2. The minimum atomic E-state index is -0.443. The fourth-order valence-electron chi connectivity index (χ4n) is 3.20. The van der Waals surface area contributed by atoms with E-state index in [1.165, 1.54) is 12.8 Å². The molecule has 3 rings (SSSR count). The molecule has 152 valence electrons. The van der Waals surface area contributed by atoms with Gasteiger partial charge >= 0.3 is 6.03 Å². The minimum absolute atomic E-state index is 0.0323. The molecule has 28 heavy (non-hydrogen) atoms. The Bertz CT molecular complexity index is 676. The van der Waals surface area contributed by atoms with E-state index in [0.29, 0.717) is 19.0 Å². The average molecular weight is 404 g/mol. The Kier molecular flexibility index (Phi) is 6.83. The van der Waals surface area contributed by atoms with Crippen molar-refractivity contribution in [3.8, 4) is 6.07 Å². The molecule has 0 aromatic carbocycles. The van der Waals surface area contributed by atoms with Crippen LogP contribution in [-0.4, -0.2) is 83.7 Å². The van der Waals surface area contributed by atoms with Gasteiger partial charge in [-0.3, -0.25) is 4.99 Å². The van der Waals surface area contributed by atoms with Crippen molar-refractivity contribution >= 4 is 30.4 Å². The van der Waals surface area contributed by atoms with Crippen molar-refractivity contribution in [1.29, 1.82) is 5.26 Å². The Labute approximate surface area is 171 Å². The summed E-state index contributed by atoms with van der Waals surface area (Å²) >= 11 is 1.60. The predicted octanol–water partition coefficient (Wildman–Crippen LogP) is 1.78. The number of piperazine rings is 1. The van der Waals surface area contributed by atoms with Crippen molar-refractivity contribution in [2.24, 2.45) is 21.9 Å². The topological polar surface area (TPSA) is 87.3 Å². The van der Waals surface area contributed by atoms with Gasteiger partial charge in [-0.1, -0.05) is 13.5 Å². The molecule has 1 saturated carbocycles. The van der Waals surface area contributed by atoms with Crippen molar-refractivity contribution < 1.29 is 4.79 Å².